The van der Waals surface area contributed by atoms with Crippen molar-refractivity contribution in [2.45, 2.75) is 12.3 Å². The molecule has 0 bridgehead atoms. The summed E-state index contributed by atoms with van der Waals surface area (Å²) in [6, 6.07) is 2.09. The summed E-state index contributed by atoms with van der Waals surface area (Å²) in [5, 5.41) is 0. The van der Waals surface area contributed by atoms with E-state index in [0.29, 0.717) is 18.2 Å². The van der Waals surface area contributed by atoms with Gasteiger partial charge in [0.05, 0.1) is 11.6 Å². The van der Waals surface area contributed by atoms with Gasteiger partial charge >= 0.3 is 0 Å². The summed E-state index contributed by atoms with van der Waals surface area (Å²) in [5.74, 6) is 1.18. The lowest BCUT2D eigenvalue weighted by Gasteiger charge is -2.11. The fourth-order valence-electron chi connectivity index (χ4n) is 1.89. The average Bonchev–Trinajstić information content (AvgIpc) is 2.80. The number of nitrogens with zero attached hydrogens (tertiary/aromatic N) is 2. The molecule has 1 aromatic heterocycles. The van der Waals surface area contributed by atoms with E-state index in [1.807, 2.05) is 6.20 Å². The van der Waals surface area contributed by atoms with Gasteiger partial charge in [-0.25, -0.2) is 4.98 Å². The van der Waals surface area contributed by atoms with Crippen molar-refractivity contribution in [3.8, 4) is 0 Å². The van der Waals surface area contributed by atoms with E-state index in [0.717, 1.165) is 11.0 Å². The minimum Gasteiger partial charge on any atom is -0.471 e. The van der Waals surface area contributed by atoms with E-state index < -0.39 is 0 Å². The molecule has 5 nitrogen and oxygen atoms in total. The molecule has 0 radical (unpaired) electrons. The van der Waals surface area contributed by atoms with Gasteiger partial charge in [-0.05, 0) is 53.5 Å². The van der Waals surface area contributed by atoms with Crippen LogP contribution in [0.2, 0.25) is 0 Å². The number of methoxy groups -OCH3 is 1. The minimum atomic E-state index is 0.375. The maximum atomic E-state index is 8.95. The van der Waals surface area contributed by atoms with Gasteiger partial charge in [0, 0.05) is 12.7 Å². The van der Waals surface area contributed by atoms with Gasteiger partial charge in [0.1, 0.15) is 5.82 Å². The van der Waals surface area contributed by atoms with E-state index in [-0.39, 0.29) is 0 Å². The topological polar surface area (TPSA) is 68.5 Å². The summed E-state index contributed by atoms with van der Waals surface area (Å²) in [5.41, 5.74) is 6.93. The van der Waals surface area contributed by atoms with Crippen molar-refractivity contribution in [3.63, 3.8) is 0 Å². The molecule has 18 heavy (non-hydrogen) atoms. The van der Waals surface area contributed by atoms with Crippen molar-refractivity contribution < 1.29 is 9.53 Å². The number of nitrogen functional groups attached to an aromatic ring is 1. The lowest BCUT2D eigenvalue weighted by Crippen LogP contribution is -2.13. The molecule has 6 heteroatoms. The number of nitrogens with two attached hydrogens (primary N) is 1. The van der Waals surface area contributed by atoms with Crippen molar-refractivity contribution in [2.24, 2.45) is 0 Å². The minimum absolute atomic E-state index is 0.375. The molecule has 100 valence electrons. The van der Waals surface area contributed by atoms with Crippen molar-refractivity contribution in [2.75, 3.05) is 33.0 Å². The Labute approximate surface area is 115 Å². The summed E-state index contributed by atoms with van der Waals surface area (Å²) < 4.78 is 4.77. The Morgan fingerprint density at radius 2 is 2.33 bits per heavy atom. The van der Waals surface area contributed by atoms with Crippen LogP contribution in [-0.4, -0.2) is 43.6 Å². The molecule has 1 aliphatic heterocycles. The zero-order valence-corrected chi connectivity index (χ0v) is 12.2. The van der Waals surface area contributed by atoms with Crippen LogP contribution in [0.5, 0.6) is 0 Å². The number of ether oxygens (including phenoxy) is 1. The molecule has 1 fully saturated rings. The molecule has 0 saturated carbocycles. The molecule has 2 heterocycles. The smallest absolute Gasteiger partial charge is 0.292 e. The molecule has 0 amide bonds. The third kappa shape index (κ3) is 4.27. The SMILES string of the molecule is CN1CCC(c2cnc(N)c(Br)c2)C1.COC=O. The first-order chi connectivity index (χ1) is 8.58. The van der Waals surface area contributed by atoms with Gasteiger partial charge in [0.15, 0.2) is 0 Å². The van der Waals surface area contributed by atoms with Crippen molar-refractivity contribution in [1.82, 2.24) is 9.88 Å². The summed E-state index contributed by atoms with van der Waals surface area (Å²) in [7, 11) is 3.47. The van der Waals surface area contributed by atoms with Crippen LogP contribution >= 0.6 is 15.9 Å². The molecule has 0 aromatic carbocycles. The number of hydrogen-bond donors (Lipinski definition) is 1. The third-order valence-electron chi connectivity index (χ3n) is 2.85. The van der Waals surface area contributed by atoms with E-state index in [2.05, 4.69) is 43.7 Å². The first-order valence-electron chi connectivity index (χ1n) is 5.64. The van der Waals surface area contributed by atoms with Gasteiger partial charge < -0.3 is 15.4 Å². The second kappa shape index (κ2) is 7.33. The second-order valence-electron chi connectivity index (χ2n) is 4.22. The molecule has 2 rings (SSSR count). The van der Waals surface area contributed by atoms with Crippen molar-refractivity contribution in [3.05, 3.63) is 22.3 Å². The Bertz CT molecular complexity index is 401. The molecule has 1 unspecified atom stereocenters. The largest absolute Gasteiger partial charge is 0.471 e. The van der Waals surface area contributed by atoms with E-state index in [4.69, 9.17) is 10.5 Å². The number of pyridine rings is 1. The molecular weight excluding hydrogens is 298 g/mol. The van der Waals surface area contributed by atoms with Gasteiger partial charge in [-0.3, -0.25) is 4.79 Å². The highest BCUT2D eigenvalue weighted by atomic mass is 79.9. The van der Waals surface area contributed by atoms with Gasteiger partial charge in [-0.2, -0.15) is 0 Å². The van der Waals surface area contributed by atoms with Crippen LogP contribution in [0.15, 0.2) is 16.7 Å². The second-order valence-corrected chi connectivity index (χ2v) is 5.07. The van der Waals surface area contributed by atoms with E-state index in [1.54, 1.807) is 0 Å². The molecule has 1 atom stereocenters. The maximum Gasteiger partial charge on any atom is 0.292 e. The number of anilines is 1. The van der Waals surface area contributed by atoms with E-state index in [9.17, 15) is 0 Å². The number of rotatable bonds is 2. The van der Waals surface area contributed by atoms with Crippen LogP contribution in [0.25, 0.3) is 0 Å². The number of carbonyl (C=O) groups excluding carboxylic acids is 1. The van der Waals surface area contributed by atoms with Crippen LogP contribution in [0.3, 0.4) is 0 Å². The zero-order chi connectivity index (χ0) is 13.5. The zero-order valence-electron chi connectivity index (χ0n) is 10.6. The molecule has 1 aromatic rings. The third-order valence-corrected chi connectivity index (χ3v) is 3.48. The van der Waals surface area contributed by atoms with Gasteiger partial charge in [0.2, 0.25) is 0 Å². The molecular formula is C12H18BrN3O2. The Balaban J connectivity index is 0.000000357. The molecule has 1 saturated heterocycles. The van der Waals surface area contributed by atoms with Gasteiger partial charge in [-0.15, -0.1) is 0 Å². The molecule has 0 aliphatic carbocycles. The van der Waals surface area contributed by atoms with Crippen LogP contribution < -0.4 is 5.73 Å². The lowest BCUT2D eigenvalue weighted by atomic mass is 10.0. The highest BCUT2D eigenvalue weighted by Crippen LogP contribution is 2.28. The number of carbonyl (C=O) groups is 1. The average molecular weight is 316 g/mol. The van der Waals surface area contributed by atoms with E-state index >= 15 is 0 Å². The van der Waals surface area contributed by atoms with Crippen LogP contribution in [0.1, 0.15) is 17.9 Å². The molecule has 0 spiro atoms. The predicted octanol–water partition coefficient (Wildman–Crippen LogP) is 1.63. The summed E-state index contributed by atoms with van der Waals surface area (Å²) in [6.45, 7) is 2.67. The standard InChI is InChI=1S/C10H14BrN3.C2H4O2/c1-14-3-2-7(6-14)8-4-9(11)10(12)13-5-8;1-4-2-3/h4-5,7H,2-3,6H2,1H3,(H2,12,13);2H,1H3. The predicted molar refractivity (Wildman–Crippen MR) is 74.3 cm³/mol. The van der Waals surface area contributed by atoms with Gasteiger partial charge in [-0.1, -0.05) is 0 Å². The Morgan fingerprint density at radius 1 is 1.67 bits per heavy atom. The van der Waals surface area contributed by atoms with Gasteiger partial charge in [0.25, 0.3) is 6.47 Å². The Morgan fingerprint density at radius 3 is 2.78 bits per heavy atom. The first-order valence-corrected chi connectivity index (χ1v) is 6.43. The number of hydrogen-bond acceptors (Lipinski definition) is 5. The first kappa shape index (κ1) is 14.9. The quantitative estimate of drug-likeness (QED) is 0.840. The number of likely N-dealkylation sites (tertiary alicyclic amines) is 1. The van der Waals surface area contributed by atoms with Crippen molar-refractivity contribution >= 4 is 28.2 Å². The maximum absolute atomic E-state index is 8.95. The molecule has 1 aliphatic rings. The summed E-state index contributed by atoms with van der Waals surface area (Å²) in [6.07, 6.45) is 3.11. The molecule has 2 N–H and O–H groups in total. The van der Waals surface area contributed by atoms with E-state index in [1.165, 1.54) is 25.6 Å². The fourth-order valence-corrected chi connectivity index (χ4v) is 2.26. The number of halogens is 1. The summed E-state index contributed by atoms with van der Waals surface area (Å²) >= 11 is 3.41. The number of likely N-dealkylation sites (N-methyl/N-ethyl adjacent to an activating group) is 1. The highest BCUT2D eigenvalue weighted by Gasteiger charge is 2.21. The Kier molecular flexibility index (Phi) is 6.07. The highest BCUT2D eigenvalue weighted by molar-refractivity contribution is 9.10. The normalized spacial score (nSPS) is 18.9. The van der Waals surface area contributed by atoms with Crippen LogP contribution in [0, 0.1) is 0 Å². The van der Waals surface area contributed by atoms with Crippen molar-refractivity contribution in [1.29, 1.82) is 0 Å². The van der Waals surface area contributed by atoms with Crippen LogP contribution in [0.4, 0.5) is 5.82 Å². The van der Waals surface area contributed by atoms with Crippen LogP contribution in [-0.2, 0) is 9.53 Å². The summed E-state index contributed by atoms with van der Waals surface area (Å²) in [4.78, 5) is 15.5. The monoisotopic (exact) mass is 315 g/mol. The fraction of sp³-hybridized carbons (Fsp3) is 0.500. The lowest BCUT2D eigenvalue weighted by molar-refractivity contribution is -0.126. The number of aromatic nitrogens is 1. The Hall–Kier alpha value is -1.14.